The molecule has 0 spiro atoms. The minimum Gasteiger partial charge on any atom is -0.321 e. The van der Waals surface area contributed by atoms with Crippen LogP contribution in [0.2, 0.25) is 0 Å². The van der Waals surface area contributed by atoms with Crippen molar-refractivity contribution < 1.29 is 4.48 Å². The summed E-state index contributed by atoms with van der Waals surface area (Å²) in [6.07, 6.45) is 4.70. The molecule has 0 bridgehead atoms. The summed E-state index contributed by atoms with van der Waals surface area (Å²) in [4.78, 5) is 0. The second-order valence-corrected chi connectivity index (χ2v) is 3.52. The van der Waals surface area contributed by atoms with Crippen LogP contribution >= 0.6 is 0 Å². The average Bonchev–Trinajstić information content (AvgIpc) is 2.13. The molecule has 0 atom stereocenters. The first-order valence-electron chi connectivity index (χ1n) is 5.20. The standard InChI is InChI=1S/C11H24N/c1-5-9-11-12(7-3,8-4)10-6-2/h6H,2,5,7-11H2,1,3-4H3/q+1. The van der Waals surface area contributed by atoms with Crippen LogP contribution in [0.1, 0.15) is 33.6 Å². The van der Waals surface area contributed by atoms with E-state index in [9.17, 15) is 0 Å². The second kappa shape index (κ2) is 6.24. The van der Waals surface area contributed by atoms with Crippen LogP contribution in [0.25, 0.3) is 0 Å². The van der Waals surface area contributed by atoms with Crippen LogP contribution in [0.4, 0.5) is 0 Å². The third-order valence-electron chi connectivity index (χ3n) is 2.84. The number of nitrogens with zero attached hydrogens (tertiary/aromatic N) is 1. The predicted octanol–water partition coefficient (Wildman–Crippen LogP) is 2.83. The molecule has 0 amide bonds. The van der Waals surface area contributed by atoms with Crippen molar-refractivity contribution in [3.63, 3.8) is 0 Å². The first-order valence-corrected chi connectivity index (χ1v) is 5.20. The highest BCUT2D eigenvalue weighted by Gasteiger charge is 2.19. The number of hydrogen-bond acceptors (Lipinski definition) is 0. The van der Waals surface area contributed by atoms with Gasteiger partial charge >= 0.3 is 0 Å². The van der Waals surface area contributed by atoms with Gasteiger partial charge in [0.2, 0.25) is 0 Å². The topological polar surface area (TPSA) is 0 Å². The van der Waals surface area contributed by atoms with Crippen LogP contribution < -0.4 is 0 Å². The minimum absolute atomic E-state index is 1.13. The highest BCUT2D eigenvalue weighted by molar-refractivity contribution is 4.65. The minimum atomic E-state index is 1.13. The number of rotatable bonds is 7. The number of unbranched alkanes of at least 4 members (excludes halogenated alkanes) is 1. The molecule has 12 heavy (non-hydrogen) atoms. The molecule has 0 aliphatic carbocycles. The van der Waals surface area contributed by atoms with E-state index in [0.717, 1.165) is 6.54 Å². The van der Waals surface area contributed by atoms with E-state index in [-0.39, 0.29) is 0 Å². The molecule has 72 valence electrons. The maximum absolute atomic E-state index is 3.83. The van der Waals surface area contributed by atoms with Crippen molar-refractivity contribution in [3.05, 3.63) is 12.7 Å². The van der Waals surface area contributed by atoms with Gasteiger partial charge in [0.25, 0.3) is 0 Å². The monoisotopic (exact) mass is 170 g/mol. The van der Waals surface area contributed by atoms with Crippen molar-refractivity contribution in [2.24, 2.45) is 0 Å². The van der Waals surface area contributed by atoms with Crippen molar-refractivity contribution in [3.8, 4) is 0 Å². The van der Waals surface area contributed by atoms with Gasteiger partial charge in [0.15, 0.2) is 0 Å². The van der Waals surface area contributed by atoms with Gasteiger partial charge in [0.05, 0.1) is 26.2 Å². The van der Waals surface area contributed by atoms with E-state index in [1.54, 1.807) is 0 Å². The molecule has 0 heterocycles. The van der Waals surface area contributed by atoms with Crippen molar-refractivity contribution in [1.29, 1.82) is 0 Å². The van der Waals surface area contributed by atoms with E-state index in [1.807, 2.05) is 0 Å². The molecule has 0 saturated carbocycles. The van der Waals surface area contributed by atoms with E-state index in [2.05, 4.69) is 33.4 Å². The van der Waals surface area contributed by atoms with Crippen LogP contribution in [0.5, 0.6) is 0 Å². The Hall–Kier alpha value is -0.300. The quantitative estimate of drug-likeness (QED) is 0.407. The normalized spacial score (nSPS) is 11.6. The van der Waals surface area contributed by atoms with Gasteiger partial charge in [-0.25, -0.2) is 0 Å². The number of likely N-dealkylation sites (N-methyl/N-ethyl adjacent to an activating group) is 1. The van der Waals surface area contributed by atoms with Gasteiger partial charge in [0.1, 0.15) is 0 Å². The van der Waals surface area contributed by atoms with Crippen molar-refractivity contribution in [2.75, 3.05) is 26.2 Å². The van der Waals surface area contributed by atoms with Gasteiger partial charge in [-0.05, 0) is 26.3 Å². The molecule has 0 rings (SSSR count). The van der Waals surface area contributed by atoms with Crippen LogP contribution in [0.15, 0.2) is 12.7 Å². The van der Waals surface area contributed by atoms with Gasteiger partial charge in [-0.3, -0.25) is 0 Å². The van der Waals surface area contributed by atoms with E-state index < -0.39 is 0 Å². The molecule has 0 aliphatic rings. The molecule has 1 heteroatoms. The lowest BCUT2D eigenvalue weighted by molar-refractivity contribution is -0.919. The third-order valence-corrected chi connectivity index (χ3v) is 2.84. The molecule has 0 N–H and O–H groups in total. The van der Waals surface area contributed by atoms with Crippen molar-refractivity contribution in [1.82, 2.24) is 0 Å². The summed E-state index contributed by atoms with van der Waals surface area (Å²) in [5.74, 6) is 0. The van der Waals surface area contributed by atoms with Crippen LogP contribution in [-0.4, -0.2) is 30.7 Å². The van der Waals surface area contributed by atoms with Gasteiger partial charge in [0, 0.05) is 0 Å². The summed E-state index contributed by atoms with van der Waals surface area (Å²) < 4.78 is 1.22. The fourth-order valence-corrected chi connectivity index (χ4v) is 1.66. The van der Waals surface area contributed by atoms with Crippen LogP contribution in [0.3, 0.4) is 0 Å². The Labute approximate surface area is 77.7 Å². The van der Waals surface area contributed by atoms with E-state index in [4.69, 9.17) is 0 Å². The predicted molar refractivity (Wildman–Crippen MR) is 56.2 cm³/mol. The number of quaternary nitrogens is 1. The maximum Gasteiger partial charge on any atom is 0.0970 e. The van der Waals surface area contributed by atoms with E-state index >= 15 is 0 Å². The largest absolute Gasteiger partial charge is 0.321 e. The fraction of sp³-hybridized carbons (Fsp3) is 0.818. The highest BCUT2D eigenvalue weighted by Crippen LogP contribution is 2.08. The second-order valence-electron chi connectivity index (χ2n) is 3.52. The number of hydrogen-bond donors (Lipinski definition) is 0. The lowest BCUT2D eigenvalue weighted by Gasteiger charge is -2.35. The molecule has 0 aromatic heterocycles. The first-order chi connectivity index (χ1) is 5.74. The van der Waals surface area contributed by atoms with Crippen LogP contribution in [0, 0.1) is 0 Å². The smallest absolute Gasteiger partial charge is 0.0970 e. The summed E-state index contributed by atoms with van der Waals surface area (Å²) in [6.45, 7) is 15.6. The van der Waals surface area contributed by atoms with E-state index in [0.29, 0.717) is 0 Å². The van der Waals surface area contributed by atoms with Crippen molar-refractivity contribution in [2.45, 2.75) is 33.6 Å². The Bertz CT molecular complexity index is 114. The maximum atomic E-state index is 3.83. The summed E-state index contributed by atoms with van der Waals surface area (Å²) in [7, 11) is 0. The van der Waals surface area contributed by atoms with Crippen LogP contribution in [-0.2, 0) is 0 Å². The zero-order chi connectivity index (χ0) is 9.45. The van der Waals surface area contributed by atoms with Gasteiger partial charge < -0.3 is 4.48 Å². The Morgan fingerprint density at radius 1 is 1.17 bits per heavy atom. The lowest BCUT2D eigenvalue weighted by atomic mass is 10.2. The zero-order valence-electron chi connectivity index (χ0n) is 8.97. The van der Waals surface area contributed by atoms with E-state index in [1.165, 1.54) is 37.0 Å². The summed E-state index contributed by atoms with van der Waals surface area (Å²) in [5, 5.41) is 0. The molecular formula is C11H24N+. The Morgan fingerprint density at radius 2 is 1.75 bits per heavy atom. The Balaban J connectivity index is 4.03. The fourth-order valence-electron chi connectivity index (χ4n) is 1.66. The molecule has 0 saturated heterocycles. The molecule has 0 radical (unpaired) electrons. The molecule has 0 aromatic rings. The molecular weight excluding hydrogens is 146 g/mol. The summed E-state index contributed by atoms with van der Waals surface area (Å²) >= 11 is 0. The molecule has 0 unspecified atom stereocenters. The summed E-state index contributed by atoms with van der Waals surface area (Å²) in [6, 6.07) is 0. The Kier molecular flexibility index (Phi) is 6.09. The molecule has 0 aromatic carbocycles. The SMILES string of the molecule is C=CC[N+](CC)(CC)CCCC. The van der Waals surface area contributed by atoms with Crippen molar-refractivity contribution >= 4 is 0 Å². The molecule has 0 aliphatic heterocycles. The van der Waals surface area contributed by atoms with Gasteiger partial charge in [-0.15, -0.1) is 0 Å². The zero-order valence-corrected chi connectivity index (χ0v) is 8.97. The highest BCUT2D eigenvalue weighted by atomic mass is 15.3. The third kappa shape index (κ3) is 3.40. The summed E-state index contributed by atoms with van der Waals surface area (Å²) in [5.41, 5.74) is 0. The lowest BCUT2D eigenvalue weighted by Crippen LogP contribution is -2.48. The Morgan fingerprint density at radius 3 is 2.08 bits per heavy atom. The average molecular weight is 170 g/mol. The first kappa shape index (κ1) is 11.7. The van der Waals surface area contributed by atoms with Gasteiger partial charge in [-0.2, -0.15) is 0 Å². The molecule has 1 nitrogen and oxygen atoms in total. The van der Waals surface area contributed by atoms with Gasteiger partial charge in [-0.1, -0.05) is 19.9 Å². The molecule has 0 fully saturated rings.